The third kappa shape index (κ3) is 5.07. The van der Waals surface area contributed by atoms with Crippen molar-refractivity contribution >= 4 is 5.97 Å². The largest absolute Gasteiger partial charge is 0.496 e. The number of benzene rings is 1. The second-order valence-electron chi connectivity index (χ2n) is 6.41. The molecule has 0 bridgehead atoms. The predicted molar refractivity (Wildman–Crippen MR) is 94.3 cm³/mol. The van der Waals surface area contributed by atoms with Crippen LogP contribution in [0.5, 0.6) is 5.75 Å². The van der Waals surface area contributed by atoms with E-state index in [0.717, 1.165) is 12.0 Å². The molecule has 1 N–H and O–H groups in total. The Morgan fingerprint density at radius 3 is 2.92 bits per heavy atom. The first-order valence-electron chi connectivity index (χ1n) is 8.63. The Hall–Kier alpha value is -2.32. The third-order valence-electron chi connectivity index (χ3n) is 4.56. The SMILES string of the molecule is COc1cccc2c1C(=O)O[C@@H](CCC#N)C[C@@H](O)[C@@H](C)C/C=C/C2. The predicted octanol–water partition coefficient (Wildman–Crippen LogP) is 3.41. The molecule has 25 heavy (non-hydrogen) atoms. The van der Waals surface area contributed by atoms with Crippen LogP contribution in [0.1, 0.15) is 48.5 Å². The zero-order chi connectivity index (χ0) is 18.2. The molecule has 0 saturated heterocycles. The summed E-state index contributed by atoms with van der Waals surface area (Å²) in [6, 6.07) is 7.55. The van der Waals surface area contributed by atoms with Crippen molar-refractivity contribution in [2.24, 2.45) is 5.92 Å². The lowest BCUT2D eigenvalue weighted by Crippen LogP contribution is -2.28. The van der Waals surface area contributed by atoms with E-state index in [4.69, 9.17) is 14.7 Å². The number of fused-ring (bicyclic) bond motifs is 1. The van der Waals surface area contributed by atoms with Crippen molar-refractivity contribution in [2.75, 3.05) is 7.11 Å². The molecule has 1 aliphatic heterocycles. The van der Waals surface area contributed by atoms with Gasteiger partial charge in [-0.2, -0.15) is 5.26 Å². The molecular weight excluding hydrogens is 318 g/mol. The molecule has 1 heterocycles. The number of hydrogen-bond donors (Lipinski definition) is 1. The Morgan fingerprint density at radius 1 is 1.40 bits per heavy atom. The van der Waals surface area contributed by atoms with Crippen LogP contribution < -0.4 is 4.74 Å². The number of rotatable bonds is 3. The summed E-state index contributed by atoms with van der Waals surface area (Å²) in [6.45, 7) is 1.97. The molecule has 1 aliphatic rings. The van der Waals surface area contributed by atoms with Crippen molar-refractivity contribution in [1.82, 2.24) is 0 Å². The van der Waals surface area contributed by atoms with Crippen LogP contribution in [0.3, 0.4) is 0 Å². The maximum Gasteiger partial charge on any atom is 0.342 e. The molecule has 0 spiro atoms. The average Bonchev–Trinajstić information content (AvgIpc) is 2.61. The molecule has 1 aromatic carbocycles. The first-order chi connectivity index (χ1) is 12.1. The van der Waals surface area contributed by atoms with Crippen molar-refractivity contribution in [3.63, 3.8) is 0 Å². The summed E-state index contributed by atoms with van der Waals surface area (Å²) in [5, 5.41) is 19.2. The van der Waals surface area contributed by atoms with Crippen LogP contribution in [-0.2, 0) is 11.2 Å². The molecule has 2 rings (SSSR count). The first-order valence-corrected chi connectivity index (χ1v) is 8.63. The van der Waals surface area contributed by atoms with E-state index in [1.807, 2.05) is 31.2 Å². The molecule has 0 aromatic heterocycles. The Morgan fingerprint density at radius 2 is 2.20 bits per heavy atom. The lowest BCUT2D eigenvalue weighted by Gasteiger charge is -2.25. The molecule has 5 heteroatoms. The smallest absolute Gasteiger partial charge is 0.342 e. The van der Waals surface area contributed by atoms with Crippen LogP contribution in [0.25, 0.3) is 0 Å². The van der Waals surface area contributed by atoms with Crippen LogP contribution in [0, 0.1) is 17.2 Å². The van der Waals surface area contributed by atoms with Gasteiger partial charge >= 0.3 is 5.97 Å². The normalized spacial score (nSPS) is 25.5. The van der Waals surface area contributed by atoms with Gasteiger partial charge in [0.1, 0.15) is 17.4 Å². The highest BCUT2D eigenvalue weighted by Crippen LogP contribution is 2.27. The van der Waals surface area contributed by atoms with Crippen LogP contribution >= 0.6 is 0 Å². The molecule has 3 atom stereocenters. The maximum absolute atomic E-state index is 12.8. The zero-order valence-electron chi connectivity index (χ0n) is 14.8. The number of nitriles is 1. The van der Waals surface area contributed by atoms with Crippen LogP contribution in [0.4, 0.5) is 0 Å². The van der Waals surface area contributed by atoms with Crippen molar-refractivity contribution in [3.8, 4) is 11.8 Å². The summed E-state index contributed by atoms with van der Waals surface area (Å²) in [4.78, 5) is 12.8. The van der Waals surface area contributed by atoms with Gasteiger partial charge in [-0.05, 0) is 36.8 Å². The van der Waals surface area contributed by atoms with E-state index in [2.05, 4.69) is 6.07 Å². The standard InChI is InChI=1S/C20H25NO4/c1-14-7-3-4-8-15-9-5-11-18(24-2)19(15)20(23)25-16(10-6-12-21)13-17(14)22/h3-5,9,11,14,16-17,22H,6-8,10,13H2,1-2H3/b4-3+/t14-,16-,17+/m0/s1. The summed E-state index contributed by atoms with van der Waals surface area (Å²) in [6.07, 6.45) is 5.31. The number of allylic oxidation sites excluding steroid dienone is 2. The highest BCUT2D eigenvalue weighted by molar-refractivity contribution is 5.94. The third-order valence-corrected chi connectivity index (χ3v) is 4.56. The van der Waals surface area contributed by atoms with Gasteiger partial charge in [0.2, 0.25) is 0 Å². The fourth-order valence-corrected chi connectivity index (χ4v) is 2.99. The maximum atomic E-state index is 12.8. The van der Waals surface area contributed by atoms with Gasteiger partial charge in [-0.1, -0.05) is 31.2 Å². The average molecular weight is 343 g/mol. The van der Waals surface area contributed by atoms with Gasteiger partial charge in [0.15, 0.2) is 0 Å². The molecule has 134 valence electrons. The van der Waals surface area contributed by atoms with Crippen molar-refractivity contribution < 1.29 is 19.4 Å². The molecule has 0 amide bonds. The zero-order valence-corrected chi connectivity index (χ0v) is 14.8. The number of nitrogens with zero attached hydrogens (tertiary/aromatic N) is 1. The van der Waals surface area contributed by atoms with Crippen LogP contribution in [0.2, 0.25) is 0 Å². The quantitative estimate of drug-likeness (QED) is 0.672. The van der Waals surface area contributed by atoms with Crippen molar-refractivity contribution in [3.05, 3.63) is 41.5 Å². The summed E-state index contributed by atoms with van der Waals surface area (Å²) < 4.78 is 11.0. The van der Waals surface area contributed by atoms with E-state index in [-0.39, 0.29) is 12.3 Å². The van der Waals surface area contributed by atoms with Crippen LogP contribution in [0.15, 0.2) is 30.4 Å². The van der Waals surface area contributed by atoms with Crippen molar-refractivity contribution in [2.45, 2.75) is 51.2 Å². The van der Waals surface area contributed by atoms with E-state index in [9.17, 15) is 9.90 Å². The van der Waals surface area contributed by atoms with Crippen molar-refractivity contribution in [1.29, 1.82) is 5.26 Å². The second kappa shape index (κ2) is 9.24. The monoisotopic (exact) mass is 343 g/mol. The number of aliphatic hydroxyl groups excluding tert-OH is 1. The fourth-order valence-electron chi connectivity index (χ4n) is 2.99. The molecule has 0 fully saturated rings. The minimum Gasteiger partial charge on any atom is -0.496 e. The number of hydrogen-bond acceptors (Lipinski definition) is 5. The van der Waals surface area contributed by atoms with Gasteiger partial charge in [-0.15, -0.1) is 0 Å². The van der Waals surface area contributed by atoms with Gasteiger partial charge in [0.25, 0.3) is 0 Å². The topological polar surface area (TPSA) is 79.5 Å². The van der Waals surface area contributed by atoms with Gasteiger partial charge in [0.05, 0.1) is 19.3 Å². The first kappa shape index (κ1) is 19.0. The summed E-state index contributed by atoms with van der Waals surface area (Å²) in [5.41, 5.74) is 1.26. The lowest BCUT2D eigenvalue weighted by atomic mass is 9.93. The lowest BCUT2D eigenvalue weighted by molar-refractivity contribution is 0.00378. The summed E-state index contributed by atoms with van der Waals surface area (Å²) in [7, 11) is 1.52. The van der Waals surface area contributed by atoms with E-state index in [1.54, 1.807) is 6.07 Å². The minimum atomic E-state index is -0.585. The number of carbonyl (C=O) groups is 1. The molecule has 0 aliphatic carbocycles. The highest BCUT2D eigenvalue weighted by Gasteiger charge is 2.26. The van der Waals surface area contributed by atoms with Gasteiger partial charge in [-0.3, -0.25) is 0 Å². The van der Waals surface area contributed by atoms with E-state index < -0.39 is 18.2 Å². The Labute approximate surface area is 148 Å². The van der Waals surface area contributed by atoms with E-state index >= 15 is 0 Å². The second-order valence-corrected chi connectivity index (χ2v) is 6.41. The number of ether oxygens (including phenoxy) is 2. The van der Waals surface area contributed by atoms with Crippen LogP contribution in [-0.4, -0.2) is 30.4 Å². The van der Waals surface area contributed by atoms with Gasteiger partial charge in [0, 0.05) is 12.8 Å². The van der Waals surface area contributed by atoms with E-state index in [1.165, 1.54) is 7.11 Å². The molecule has 5 nitrogen and oxygen atoms in total. The molecule has 0 saturated carbocycles. The number of carbonyl (C=O) groups excluding carboxylic acids is 1. The van der Waals surface area contributed by atoms with Gasteiger partial charge < -0.3 is 14.6 Å². The number of cyclic esters (lactones) is 1. The number of aliphatic hydroxyl groups is 1. The summed E-state index contributed by atoms with van der Waals surface area (Å²) >= 11 is 0. The van der Waals surface area contributed by atoms with Gasteiger partial charge in [-0.25, -0.2) is 4.79 Å². The molecular formula is C20H25NO4. The van der Waals surface area contributed by atoms with E-state index in [0.29, 0.717) is 30.6 Å². The Balaban J connectivity index is 2.37. The fraction of sp³-hybridized carbons (Fsp3) is 0.500. The minimum absolute atomic E-state index is 0.0590. The summed E-state index contributed by atoms with van der Waals surface area (Å²) in [5.74, 6) is 0.0638. The Kier molecular flexibility index (Phi) is 7.03. The molecule has 0 unspecified atom stereocenters. The molecule has 1 aromatic rings. The number of methoxy groups -OCH3 is 1. The highest BCUT2D eigenvalue weighted by atomic mass is 16.5. The number of esters is 1. The Bertz CT molecular complexity index is 662. The molecule has 0 radical (unpaired) electrons.